The summed E-state index contributed by atoms with van der Waals surface area (Å²) in [5, 5.41) is 6.79. The minimum absolute atomic E-state index is 0.0629. The molecule has 0 unspecified atom stereocenters. The summed E-state index contributed by atoms with van der Waals surface area (Å²) < 4.78 is 5.75. The lowest BCUT2D eigenvalue weighted by Crippen LogP contribution is -2.39. The number of carbonyl (C=O) groups excluding carboxylic acids is 1. The van der Waals surface area contributed by atoms with Crippen molar-refractivity contribution in [2.75, 3.05) is 40.8 Å². The number of aromatic amines is 1. The molecule has 7 heteroatoms. The molecule has 1 aromatic rings. The van der Waals surface area contributed by atoms with E-state index in [-0.39, 0.29) is 17.9 Å². The van der Waals surface area contributed by atoms with Crippen LogP contribution in [-0.4, -0.2) is 77.8 Å². The highest BCUT2D eigenvalue weighted by molar-refractivity contribution is 5.77. The van der Waals surface area contributed by atoms with Crippen LogP contribution in [0.5, 0.6) is 0 Å². The summed E-state index contributed by atoms with van der Waals surface area (Å²) in [6.45, 7) is 1.84. The van der Waals surface area contributed by atoms with Crippen molar-refractivity contribution >= 4 is 5.91 Å². The minimum Gasteiger partial charge on any atom is -0.376 e. The van der Waals surface area contributed by atoms with Crippen molar-refractivity contribution in [2.24, 2.45) is 0 Å². The normalized spacial score (nSPS) is 22.9. The molecular weight excluding hydrogens is 246 g/mol. The number of ether oxygens (including phenoxy) is 1. The van der Waals surface area contributed by atoms with Crippen molar-refractivity contribution in [2.45, 2.75) is 18.4 Å². The van der Waals surface area contributed by atoms with Crippen LogP contribution in [0.25, 0.3) is 0 Å². The van der Waals surface area contributed by atoms with Crippen molar-refractivity contribution in [3.05, 3.63) is 12.2 Å². The Hall–Kier alpha value is -1.47. The number of nitrogens with one attached hydrogen (secondary N) is 1. The van der Waals surface area contributed by atoms with E-state index in [1.165, 1.54) is 6.33 Å². The molecule has 7 nitrogen and oxygen atoms in total. The minimum atomic E-state index is 0.0629. The van der Waals surface area contributed by atoms with Gasteiger partial charge in [0.1, 0.15) is 12.2 Å². The number of likely N-dealkylation sites (N-methyl/N-ethyl adjacent to an activating group) is 2. The Kier molecular flexibility index (Phi) is 4.49. The van der Waals surface area contributed by atoms with Crippen molar-refractivity contribution in [1.29, 1.82) is 0 Å². The molecule has 0 saturated carbocycles. The molecule has 1 N–H and O–H groups in total. The van der Waals surface area contributed by atoms with E-state index < -0.39 is 0 Å². The molecular formula is C12H21N5O2. The molecule has 19 heavy (non-hydrogen) atoms. The van der Waals surface area contributed by atoms with Crippen LogP contribution in [0.4, 0.5) is 0 Å². The molecule has 2 atom stereocenters. The highest BCUT2D eigenvalue weighted by atomic mass is 16.5. The van der Waals surface area contributed by atoms with E-state index in [4.69, 9.17) is 4.74 Å². The molecule has 106 valence electrons. The molecule has 0 radical (unpaired) electrons. The van der Waals surface area contributed by atoms with E-state index in [2.05, 4.69) is 15.2 Å². The molecule has 2 heterocycles. The van der Waals surface area contributed by atoms with Gasteiger partial charge in [-0.05, 0) is 13.5 Å². The third kappa shape index (κ3) is 3.51. The summed E-state index contributed by atoms with van der Waals surface area (Å²) in [7, 11) is 5.46. The largest absolute Gasteiger partial charge is 0.376 e. The van der Waals surface area contributed by atoms with Crippen LogP contribution in [0.3, 0.4) is 0 Å². The van der Waals surface area contributed by atoms with E-state index >= 15 is 0 Å². The third-order valence-electron chi connectivity index (χ3n) is 3.39. The number of hydrogen-bond donors (Lipinski definition) is 1. The molecule has 2 rings (SSSR count). The lowest BCUT2D eigenvalue weighted by Gasteiger charge is -2.24. The first-order chi connectivity index (χ1) is 9.08. The van der Waals surface area contributed by atoms with Crippen LogP contribution in [0.1, 0.15) is 18.2 Å². The molecule has 1 amide bonds. The zero-order valence-corrected chi connectivity index (χ0v) is 11.7. The summed E-state index contributed by atoms with van der Waals surface area (Å²) in [5.41, 5.74) is 0. The SMILES string of the molecule is CN(CC(=O)N(C)C)C[C@H]1OCC[C@H]1c1ncn[nH]1. The average Bonchev–Trinajstić information content (AvgIpc) is 2.97. The standard InChI is InChI=1S/C12H21N5O2/c1-16(2)11(18)7-17(3)6-10-9(4-5-19-10)12-13-8-14-15-12/h8-10H,4-7H2,1-3H3,(H,13,14,15)/t9-,10-/m1/s1. The molecule has 0 spiro atoms. The van der Waals surface area contributed by atoms with E-state index in [0.29, 0.717) is 13.1 Å². The topological polar surface area (TPSA) is 74.3 Å². The number of amides is 1. The van der Waals surface area contributed by atoms with Crippen molar-refractivity contribution in [3.63, 3.8) is 0 Å². The van der Waals surface area contributed by atoms with Crippen LogP contribution in [0.2, 0.25) is 0 Å². The fraction of sp³-hybridized carbons (Fsp3) is 0.750. The predicted molar refractivity (Wildman–Crippen MR) is 69.7 cm³/mol. The molecule has 1 aliphatic heterocycles. The van der Waals surface area contributed by atoms with E-state index in [9.17, 15) is 4.79 Å². The predicted octanol–water partition coefficient (Wildman–Crippen LogP) is -0.303. The summed E-state index contributed by atoms with van der Waals surface area (Å²) in [6, 6.07) is 0. The van der Waals surface area contributed by atoms with Crippen LogP contribution < -0.4 is 0 Å². The Bertz CT molecular complexity index is 406. The molecule has 0 bridgehead atoms. The zero-order chi connectivity index (χ0) is 13.8. The maximum Gasteiger partial charge on any atom is 0.236 e. The van der Waals surface area contributed by atoms with Crippen molar-refractivity contribution in [3.8, 4) is 0 Å². The average molecular weight is 267 g/mol. The quantitative estimate of drug-likeness (QED) is 0.792. The number of rotatable bonds is 5. The first-order valence-corrected chi connectivity index (χ1v) is 6.43. The molecule has 1 aromatic heterocycles. The lowest BCUT2D eigenvalue weighted by molar-refractivity contribution is -0.129. The summed E-state index contributed by atoms with van der Waals surface area (Å²) in [4.78, 5) is 19.4. The third-order valence-corrected chi connectivity index (χ3v) is 3.39. The first-order valence-electron chi connectivity index (χ1n) is 6.43. The first kappa shape index (κ1) is 14.0. The maximum atomic E-state index is 11.7. The summed E-state index contributed by atoms with van der Waals surface area (Å²) in [6.07, 6.45) is 2.52. The number of aromatic nitrogens is 3. The smallest absolute Gasteiger partial charge is 0.236 e. The van der Waals surface area contributed by atoms with Crippen molar-refractivity contribution < 1.29 is 9.53 Å². The van der Waals surface area contributed by atoms with Gasteiger partial charge >= 0.3 is 0 Å². The molecule has 1 saturated heterocycles. The summed E-state index contributed by atoms with van der Waals surface area (Å²) >= 11 is 0. The molecule has 1 aliphatic rings. The zero-order valence-electron chi connectivity index (χ0n) is 11.7. The fourth-order valence-electron chi connectivity index (χ4n) is 2.28. The van der Waals surface area contributed by atoms with Gasteiger partial charge in [0, 0.05) is 33.2 Å². The second-order valence-electron chi connectivity index (χ2n) is 5.16. The van der Waals surface area contributed by atoms with Gasteiger partial charge in [-0.25, -0.2) is 4.98 Å². The van der Waals surface area contributed by atoms with Gasteiger partial charge in [-0.15, -0.1) is 0 Å². The monoisotopic (exact) mass is 267 g/mol. The van der Waals surface area contributed by atoms with Gasteiger partial charge in [-0.1, -0.05) is 0 Å². The van der Waals surface area contributed by atoms with E-state index in [0.717, 1.165) is 18.9 Å². The Morgan fingerprint density at radius 3 is 2.95 bits per heavy atom. The molecule has 0 aromatic carbocycles. The highest BCUT2D eigenvalue weighted by Crippen LogP contribution is 2.29. The van der Waals surface area contributed by atoms with Crippen LogP contribution >= 0.6 is 0 Å². The van der Waals surface area contributed by atoms with Crippen LogP contribution in [0, 0.1) is 0 Å². The van der Waals surface area contributed by atoms with Gasteiger partial charge in [0.25, 0.3) is 0 Å². The van der Waals surface area contributed by atoms with Gasteiger partial charge in [0.2, 0.25) is 5.91 Å². The highest BCUT2D eigenvalue weighted by Gasteiger charge is 2.32. The van der Waals surface area contributed by atoms with Gasteiger partial charge in [-0.2, -0.15) is 5.10 Å². The van der Waals surface area contributed by atoms with Gasteiger partial charge in [0.05, 0.1) is 12.6 Å². The fourth-order valence-corrected chi connectivity index (χ4v) is 2.28. The number of carbonyl (C=O) groups is 1. The lowest BCUT2D eigenvalue weighted by atomic mass is 10.0. The van der Waals surface area contributed by atoms with Crippen molar-refractivity contribution in [1.82, 2.24) is 25.0 Å². The number of nitrogens with zero attached hydrogens (tertiary/aromatic N) is 4. The second-order valence-corrected chi connectivity index (χ2v) is 5.16. The Labute approximate surface area is 112 Å². The second kappa shape index (κ2) is 6.12. The van der Waals surface area contributed by atoms with Gasteiger partial charge < -0.3 is 9.64 Å². The Morgan fingerprint density at radius 2 is 2.32 bits per heavy atom. The van der Waals surface area contributed by atoms with Gasteiger partial charge in [0.15, 0.2) is 0 Å². The van der Waals surface area contributed by atoms with Gasteiger partial charge in [-0.3, -0.25) is 14.8 Å². The van der Waals surface area contributed by atoms with E-state index in [1.807, 2.05) is 11.9 Å². The van der Waals surface area contributed by atoms with E-state index in [1.54, 1.807) is 19.0 Å². The molecule has 1 fully saturated rings. The Morgan fingerprint density at radius 1 is 1.53 bits per heavy atom. The number of H-pyrrole nitrogens is 1. The van der Waals surface area contributed by atoms with Crippen LogP contribution in [-0.2, 0) is 9.53 Å². The number of hydrogen-bond acceptors (Lipinski definition) is 5. The summed E-state index contributed by atoms with van der Waals surface area (Å²) in [5.74, 6) is 1.20. The molecule has 0 aliphatic carbocycles. The van der Waals surface area contributed by atoms with Crippen LogP contribution in [0.15, 0.2) is 6.33 Å². The maximum absolute atomic E-state index is 11.7. The Balaban J connectivity index is 1.89.